The average Bonchev–Trinajstić information content (AvgIpc) is 3.32. The van der Waals surface area contributed by atoms with Crippen LogP contribution in [-0.2, 0) is 0 Å². The lowest BCUT2D eigenvalue weighted by Crippen LogP contribution is -2.46. The molecule has 1 aliphatic carbocycles. The Hall–Kier alpha value is -0.140. The van der Waals surface area contributed by atoms with Gasteiger partial charge in [-0.1, -0.05) is 22.4 Å². The topological polar surface area (TPSA) is 32.3 Å². The first kappa shape index (κ1) is 15.7. The Morgan fingerprint density at radius 2 is 2.14 bits per heavy atom. The van der Waals surface area contributed by atoms with Gasteiger partial charge < -0.3 is 10.2 Å². The summed E-state index contributed by atoms with van der Waals surface area (Å²) in [5.41, 5.74) is 0.827. The van der Waals surface area contributed by atoms with Gasteiger partial charge in [0, 0.05) is 26.7 Å². The van der Waals surface area contributed by atoms with E-state index >= 15 is 0 Å². The van der Waals surface area contributed by atoms with Crippen LogP contribution in [0.25, 0.3) is 0 Å². The number of nitrogens with zero attached hydrogens (tertiary/aromatic N) is 1. The van der Waals surface area contributed by atoms with Gasteiger partial charge in [-0.2, -0.15) is 0 Å². The maximum atomic E-state index is 12.9. The number of piperidine rings is 1. The fourth-order valence-electron chi connectivity index (χ4n) is 2.92. The highest BCUT2D eigenvalue weighted by Gasteiger charge is 2.35. The van der Waals surface area contributed by atoms with Gasteiger partial charge in [0.05, 0.1) is 5.56 Å². The zero-order valence-corrected chi connectivity index (χ0v) is 15.7. The summed E-state index contributed by atoms with van der Waals surface area (Å²) in [6, 6.07) is 6.86. The van der Waals surface area contributed by atoms with Gasteiger partial charge in [-0.25, -0.2) is 0 Å². The predicted molar refractivity (Wildman–Crippen MR) is 96.6 cm³/mol. The third kappa shape index (κ3) is 3.99. The molecule has 21 heavy (non-hydrogen) atoms. The largest absolute Gasteiger partial charge is 0.334 e. The fraction of sp³-hybridized carbons (Fsp3) is 0.562. The Labute approximate surface area is 148 Å². The monoisotopic (exact) mass is 462 g/mol. The Morgan fingerprint density at radius 3 is 2.81 bits per heavy atom. The molecular weight excluding hydrogens is 443 g/mol. The highest BCUT2D eigenvalue weighted by Crippen LogP contribution is 2.30. The molecule has 0 bridgehead atoms. The molecule has 0 aromatic heterocycles. The average molecular weight is 463 g/mol. The van der Waals surface area contributed by atoms with Crippen LogP contribution >= 0.6 is 38.5 Å². The molecule has 2 aliphatic rings. The molecule has 1 saturated carbocycles. The smallest absolute Gasteiger partial charge is 0.255 e. The lowest BCUT2D eigenvalue weighted by atomic mass is 10.0. The van der Waals surface area contributed by atoms with Crippen molar-refractivity contribution in [3.8, 4) is 0 Å². The van der Waals surface area contributed by atoms with Crippen LogP contribution in [0, 0.1) is 3.57 Å². The minimum atomic E-state index is 0.190. The number of nitrogens with one attached hydrogen (secondary N) is 1. The van der Waals surface area contributed by atoms with Crippen molar-refractivity contribution in [2.45, 2.75) is 44.2 Å². The molecule has 1 unspecified atom stereocenters. The standard InChI is InChI=1S/C16H20BrIN2O/c17-11-4-7-15(18)14(9-11)16(21)20(13-5-6-13)10-12-3-1-2-8-19-12/h4,7,9,12-13,19H,1-3,5-6,8,10H2. The summed E-state index contributed by atoms with van der Waals surface area (Å²) in [5.74, 6) is 0.190. The number of carbonyl (C=O) groups is 1. The second-order valence-corrected chi connectivity index (χ2v) is 8.04. The molecule has 0 radical (unpaired) electrons. The number of carbonyl (C=O) groups excluding carboxylic acids is 1. The van der Waals surface area contributed by atoms with Crippen LogP contribution in [0.3, 0.4) is 0 Å². The molecule has 1 heterocycles. The molecule has 1 aromatic carbocycles. The molecule has 2 fully saturated rings. The molecular formula is C16H20BrIN2O. The minimum absolute atomic E-state index is 0.190. The number of halogens is 2. The van der Waals surface area contributed by atoms with Crippen LogP contribution in [0.15, 0.2) is 22.7 Å². The molecule has 1 N–H and O–H groups in total. The summed E-state index contributed by atoms with van der Waals surface area (Å²) < 4.78 is 2.00. The first-order valence-electron chi connectivity index (χ1n) is 7.64. The van der Waals surface area contributed by atoms with Crippen LogP contribution in [0.1, 0.15) is 42.5 Å². The van der Waals surface area contributed by atoms with Gasteiger partial charge in [0.15, 0.2) is 0 Å². The Kier molecular flexibility index (Phi) is 5.22. The summed E-state index contributed by atoms with van der Waals surface area (Å²) >= 11 is 5.73. The molecule has 114 valence electrons. The van der Waals surface area contributed by atoms with E-state index in [1.807, 2.05) is 18.2 Å². The van der Waals surface area contributed by atoms with E-state index in [-0.39, 0.29) is 5.91 Å². The van der Waals surface area contributed by atoms with E-state index < -0.39 is 0 Å². The van der Waals surface area contributed by atoms with E-state index in [1.54, 1.807) is 0 Å². The second kappa shape index (κ2) is 6.96. The summed E-state index contributed by atoms with van der Waals surface area (Å²) in [5, 5.41) is 3.56. The Balaban J connectivity index is 1.76. The van der Waals surface area contributed by atoms with E-state index in [2.05, 4.69) is 48.7 Å². The van der Waals surface area contributed by atoms with Crippen LogP contribution in [0.2, 0.25) is 0 Å². The normalized spacial score (nSPS) is 22.1. The maximum absolute atomic E-state index is 12.9. The summed E-state index contributed by atoms with van der Waals surface area (Å²) in [6.07, 6.45) is 6.04. The first-order valence-corrected chi connectivity index (χ1v) is 9.52. The first-order chi connectivity index (χ1) is 10.1. The summed E-state index contributed by atoms with van der Waals surface area (Å²) in [4.78, 5) is 15.0. The molecule has 1 amide bonds. The van der Waals surface area contributed by atoms with Gasteiger partial charge in [0.1, 0.15) is 0 Å². The molecule has 1 aliphatic heterocycles. The summed E-state index contributed by atoms with van der Waals surface area (Å²) in [6.45, 7) is 1.94. The van der Waals surface area contributed by atoms with E-state index in [9.17, 15) is 4.79 Å². The van der Waals surface area contributed by atoms with E-state index in [0.29, 0.717) is 12.1 Å². The highest BCUT2D eigenvalue weighted by atomic mass is 127. The molecule has 5 heteroatoms. The molecule has 1 atom stereocenters. The van der Waals surface area contributed by atoms with Gasteiger partial charge in [0.25, 0.3) is 5.91 Å². The van der Waals surface area contributed by atoms with Gasteiger partial charge in [-0.3, -0.25) is 4.79 Å². The maximum Gasteiger partial charge on any atom is 0.255 e. The van der Waals surface area contributed by atoms with Crippen molar-refractivity contribution in [3.63, 3.8) is 0 Å². The lowest BCUT2D eigenvalue weighted by Gasteiger charge is -2.31. The third-order valence-corrected chi connectivity index (χ3v) is 5.67. The number of amides is 1. The number of hydrogen-bond acceptors (Lipinski definition) is 2. The number of rotatable bonds is 4. The molecule has 0 spiro atoms. The van der Waals surface area contributed by atoms with E-state index in [0.717, 1.165) is 39.5 Å². The third-order valence-electron chi connectivity index (χ3n) is 4.24. The Morgan fingerprint density at radius 1 is 1.33 bits per heavy atom. The van der Waals surface area contributed by atoms with Gasteiger partial charge in [0.2, 0.25) is 0 Å². The quantitative estimate of drug-likeness (QED) is 0.690. The van der Waals surface area contributed by atoms with E-state index in [4.69, 9.17) is 0 Å². The van der Waals surface area contributed by atoms with Crippen molar-refractivity contribution in [2.24, 2.45) is 0 Å². The second-order valence-electron chi connectivity index (χ2n) is 5.96. The molecule has 3 nitrogen and oxygen atoms in total. The van der Waals surface area contributed by atoms with Crippen molar-refractivity contribution < 1.29 is 4.79 Å². The van der Waals surface area contributed by atoms with Crippen molar-refractivity contribution in [1.82, 2.24) is 10.2 Å². The zero-order chi connectivity index (χ0) is 14.8. The SMILES string of the molecule is O=C(c1cc(Br)ccc1I)N(CC1CCCCN1)C1CC1. The van der Waals surface area contributed by atoms with Crippen LogP contribution in [-0.4, -0.2) is 36.0 Å². The van der Waals surface area contributed by atoms with Gasteiger partial charge in [-0.05, 0) is 73.0 Å². The summed E-state index contributed by atoms with van der Waals surface area (Å²) in [7, 11) is 0. The van der Waals surface area contributed by atoms with Crippen LogP contribution in [0.5, 0.6) is 0 Å². The van der Waals surface area contributed by atoms with Crippen molar-refractivity contribution in [1.29, 1.82) is 0 Å². The van der Waals surface area contributed by atoms with Crippen molar-refractivity contribution in [2.75, 3.05) is 13.1 Å². The molecule has 1 aromatic rings. The van der Waals surface area contributed by atoms with E-state index in [1.165, 1.54) is 19.3 Å². The minimum Gasteiger partial charge on any atom is -0.334 e. The number of hydrogen-bond donors (Lipinski definition) is 1. The van der Waals surface area contributed by atoms with Crippen molar-refractivity contribution in [3.05, 3.63) is 31.8 Å². The zero-order valence-electron chi connectivity index (χ0n) is 11.9. The van der Waals surface area contributed by atoms with Crippen LogP contribution < -0.4 is 5.32 Å². The lowest BCUT2D eigenvalue weighted by molar-refractivity contribution is 0.0716. The van der Waals surface area contributed by atoms with Crippen molar-refractivity contribution >= 4 is 44.4 Å². The highest BCUT2D eigenvalue weighted by molar-refractivity contribution is 14.1. The Bertz CT molecular complexity index is 527. The molecule has 3 rings (SSSR count). The van der Waals surface area contributed by atoms with Gasteiger partial charge in [-0.15, -0.1) is 0 Å². The predicted octanol–water partition coefficient (Wildman–Crippen LogP) is 3.80. The fourth-order valence-corrected chi connectivity index (χ4v) is 3.84. The molecule has 1 saturated heterocycles. The van der Waals surface area contributed by atoms with Crippen LogP contribution in [0.4, 0.5) is 0 Å². The number of benzene rings is 1. The van der Waals surface area contributed by atoms with Gasteiger partial charge >= 0.3 is 0 Å².